The SMILES string of the molecule is CCOC(=O)c1cc(C(=O)NC2CCN(Cc3cccc(C)c3)CC2)cc([N+](=O)[O-])c1. The van der Waals surface area contributed by atoms with Gasteiger partial charge in [-0.25, -0.2) is 4.79 Å². The van der Waals surface area contributed by atoms with Crippen molar-refractivity contribution in [2.75, 3.05) is 19.7 Å². The van der Waals surface area contributed by atoms with Gasteiger partial charge >= 0.3 is 5.97 Å². The Balaban J connectivity index is 1.61. The van der Waals surface area contributed by atoms with Crippen molar-refractivity contribution in [1.29, 1.82) is 0 Å². The molecule has 0 aromatic heterocycles. The maximum absolute atomic E-state index is 12.7. The van der Waals surface area contributed by atoms with Crippen LogP contribution >= 0.6 is 0 Å². The van der Waals surface area contributed by atoms with Crippen LogP contribution in [0.5, 0.6) is 0 Å². The molecule has 1 saturated heterocycles. The van der Waals surface area contributed by atoms with E-state index in [4.69, 9.17) is 4.74 Å². The Kier molecular flexibility index (Phi) is 7.36. The summed E-state index contributed by atoms with van der Waals surface area (Å²) in [6.07, 6.45) is 1.58. The number of nitro groups is 1. The Morgan fingerprint density at radius 2 is 1.87 bits per heavy atom. The second kappa shape index (κ2) is 10.2. The lowest BCUT2D eigenvalue weighted by Crippen LogP contribution is -2.44. The molecule has 3 rings (SSSR count). The number of benzene rings is 2. The van der Waals surface area contributed by atoms with Crippen molar-refractivity contribution < 1.29 is 19.2 Å². The molecule has 1 fully saturated rings. The first-order valence-electron chi connectivity index (χ1n) is 10.4. The van der Waals surface area contributed by atoms with Gasteiger partial charge in [-0.15, -0.1) is 0 Å². The van der Waals surface area contributed by atoms with Crippen molar-refractivity contribution in [2.24, 2.45) is 0 Å². The second-order valence-corrected chi connectivity index (χ2v) is 7.76. The Morgan fingerprint density at radius 1 is 1.16 bits per heavy atom. The monoisotopic (exact) mass is 425 g/mol. The third kappa shape index (κ3) is 6.11. The minimum atomic E-state index is -0.690. The van der Waals surface area contributed by atoms with E-state index in [2.05, 4.69) is 41.4 Å². The van der Waals surface area contributed by atoms with Crippen LogP contribution in [0.3, 0.4) is 0 Å². The molecule has 0 bridgehead atoms. The zero-order chi connectivity index (χ0) is 22.4. The molecule has 1 aliphatic rings. The largest absolute Gasteiger partial charge is 0.462 e. The molecule has 8 heteroatoms. The number of non-ortho nitro benzene ring substituents is 1. The Bertz CT molecular complexity index is 967. The molecule has 2 aromatic carbocycles. The van der Waals surface area contributed by atoms with Crippen LogP contribution in [0, 0.1) is 17.0 Å². The highest BCUT2D eigenvalue weighted by atomic mass is 16.6. The molecule has 0 saturated carbocycles. The molecule has 0 radical (unpaired) electrons. The minimum Gasteiger partial charge on any atom is -0.462 e. The summed E-state index contributed by atoms with van der Waals surface area (Å²) < 4.78 is 4.92. The molecule has 31 heavy (non-hydrogen) atoms. The lowest BCUT2D eigenvalue weighted by Gasteiger charge is -2.32. The average molecular weight is 425 g/mol. The lowest BCUT2D eigenvalue weighted by atomic mass is 10.0. The van der Waals surface area contributed by atoms with Gasteiger partial charge in [0.05, 0.1) is 17.1 Å². The molecule has 1 heterocycles. The Hall–Kier alpha value is -3.26. The van der Waals surface area contributed by atoms with Gasteiger partial charge in [-0.1, -0.05) is 29.8 Å². The highest BCUT2D eigenvalue weighted by molar-refractivity contribution is 5.99. The topological polar surface area (TPSA) is 102 Å². The third-order valence-electron chi connectivity index (χ3n) is 5.31. The quantitative estimate of drug-likeness (QED) is 0.414. The fraction of sp³-hybridized carbons (Fsp3) is 0.391. The summed E-state index contributed by atoms with van der Waals surface area (Å²) in [6.45, 7) is 6.44. The molecular formula is C23H27N3O5. The van der Waals surface area contributed by atoms with Crippen LogP contribution in [0.2, 0.25) is 0 Å². The molecule has 0 spiro atoms. The molecule has 2 aromatic rings. The van der Waals surface area contributed by atoms with E-state index in [0.29, 0.717) is 0 Å². The number of hydrogen-bond donors (Lipinski definition) is 1. The molecule has 8 nitrogen and oxygen atoms in total. The van der Waals surface area contributed by atoms with Crippen LogP contribution in [-0.4, -0.2) is 47.4 Å². The molecular weight excluding hydrogens is 398 g/mol. The summed E-state index contributed by atoms with van der Waals surface area (Å²) in [7, 11) is 0. The van der Waals surface area contributed by atoms with E-state index in [1.165, 1.54) is 23.3 Å². The summed E-state index contributed by atoms with van der Waals surface area (Å²) in [4.78, 5) is 37.7. The standard InChI is InChI=1S/C23H27N3O5/c1-3-31-23(28)19-12-18(13-21(14-19)26(29)30)22(27)24-20-7-9-25(10-8-20)15-17-6-4-5-16(2)11-17/h4-6,11-14,20H,3,7-10,15H2,1-2H3,(H,24,27). The van der Waals surface area contributed by atoms with Crippen molar-refractivity contribution in [2.45, 2.75) is 39.3 Å². The maximum atomic E-state index is 12.7. The van der Waals surface area contributed by atoms with E-state index in [9.17, 15) is 19.7 Å². The van der Waals surface area contributed by atoms with E-state index in [-0.39, 0.29) is 29.5 Å². The highest BCUT2D eigenvalue weighted by Gasteiger charge is 2.23. The number of aryl methyl sites for hydroxylation is 1. The number of piperidine rings is 1. The molecule has 0 aliphatic carbocycles. The van der Waals surface area contributed by atoms with Crippen LogP contribution in [0.15, 0.2) is 42.5 Å². The number of amides is 1. The second-order valence-electron chi connectivity index (χ2n) is 7.76. The van der Waals surface area contributed by atoms with E-state index in [1.807, 2.05) is 0 Å². The zero-order valence-corrected chi connectivity index (χ0v) is 17.8. The van der Waals surface area contributed by atoms with Crippen molar-refractivity contribution in [3.05, 3.63) is 74.8 Å². The molecule has 1 N–H and O–H groups in total. The first-order chi connectivity index (χ1) is 14.9. The smallest absolute Gasteiger partial charge is 0.338 e. The van der Waals surface area contributed by atoms with E-state index >= 15 is 0 Å². The molecule has 0 atom stereocenters. The third-order valence-corrected chi connectivity index (χ3v) is 5.31. The van der Waals surface area contributed by atoms with Gasteiger partial charge in [0.15, 0.2) is 0 Å². The van der Waals surface area contributed by atoms with Gasteiger partial charge in [0.2, 0.25) is 0 Å². The Labute approximate surface area is 181 Å². The van der Waals surface area contributed by atoms with Crippen molar-refractivity contribution in [1.82, 2.24) is 10.2 Å². The summed E-state index contributed by atoms with van der Waals surface area (Å²) in [5.41, 5.74) is 2.27. The fourth-order valence-corrected chi connectivity index (χ4v) is 3.75. The van der Waals surface area contributed by atoms with Crippen molar-refractivity contribution >= 4 is 17.6 Å². The summed E-state index contributed by atoms with van der Waals surface area (Å²) in [5, 5.41) is 14.2. The number of nitrogens with one attached hydrogen (secondary N) is 1. The Morgan fingerprint density at radius 3 is 2.52 bits per heavy atom. The van der Waals surface area contributed by atoms with Crippen molar-refractivity contribution in [3.63, 3.8) is 0 Å². The summed E-state index contributed by atoms with van der Waals surface area (Å²) in [6, 6.07) is 12.1. The zero-order valence-electron chi connectivity index (χ0n) is 17.8. The fourth-order valence-electron chi connectivity index (χ4n) is 3.75. The van der Waals surface area contributed by atoms with Gasteiger partial charge in [0.25, 0.3) is 11.6 Å². The predicted octanol–water partition coefficient (Wildman–Crippen LogP) is 3.47. The normalized spacial score (nSPS) is 14.8. The number of rotatable bonds is 7. The molecule has 164 valence electrons. The first-order valence-corrected chi connectivity index (χ1v) is 10.4. The molecule has 1 aliphatic heterocycles. The number of nitrogens with zero attached hydrogens (tertiary/aromatic N) is 2. The summed E-state index contributed by atoms with van der Waals surface area (Å²) >= 11 is 0. The molecule has 1 amide bonds. The number of carbonyl (C=O) groups excluding carboxylic acids is 2. The van der Waals surface area contributed by atoms with Crippen molar-refractivity contribution in [3.8, 4) is 0 Å². The van der Waals surface area contributed by atoms with Gasteiger partial charge in [-0.05, 0) is 38.3 Å². The first kappa shape index (κ1) is 22.4. The van der Waals surface area contributed by atoms with Crippen LogP contribution in [-0.2, 0) is 11.3 Å². The van der Waals surface area contributed by atoms with Crippen LogP contribution < -0.4 is 5.32 Å². The van der Waals surface area contributed by atoms with Gasteiger partial charge in [0.1, 0.15) is 0 Å². The average Bonchev–Trinajstić information content (AvgIpc) is 2.75. The van der Waals surface area contributed by atoms with Gasteiger partial charge in [-0.2, -0.15) is 0 Å². The highest BCUT2D eigenvalue weighted by Crippen LogP contribution is 2.20. The van der Waals surface area contributed by atoms with E-state index in [1.54, 1.807) is 6.92 Å². The van der Waals surface area contributed by atoms with Crippen LogP contribution in [0.4, 0.5) is 5.69 Å². The van der Waals surface area contributed by atoms with Gasteiger partial charge < -0.3 is 10.1 Å². The van der Waals surface area contributed by atoms with Gasteiger partial charge in [0, 0.05) is 43.4 Å². The lowest BCUT2D eigenvalue weighted by molar-refractivity contribution is -0.384. The maximum Gasteiger partial charge on any atom is 0.338 e. The number of likely N-dealkylation sites (tertiary alicyclic amines) is 1. The molecule has 0 unspecified atom stereocenters. The minimum absolute atomic E-state index is 0.00539. The van der Waals surface area contributed by atoms with Crippen LogP contribution in [0.25, 0.3) is 0 Å². The summed E-state index contributed by atoms with van der Waals surface area (Å²) in [5.74, 6) is -1.11. The number of nitro benzene ring substituents is 1. The number of esters is 1. The number of ether oxygens (including phenoxy) is 1. The van der Waals surface area contributed by atoms with E-state index in [0.717, 1.165) is 38.5 Å². The van der Waals surface area contributed by atoms with Gasteiger partial charge in [-0.3, -0.25) is 19.8 Å². The van der Waals surface area contributed by atoms with E-state index < -0.39 is 16.8 Å². The number of carbonyl (C=O) groups is 2. The number of hydrogen-bond acceptors (Lipinski definition) is 6. The van der Waals surface area contributed by atoms with Crippen LogP contribution in [0.1, 0.15) is 51.6 Å². The predicted molar refractivity (Wildman–Crippen MR) is 116 cm³/mol.